The number of benzene rings is 2. The fraction of sp³-hybridized carbons (Fsp3) is 0.267. The highest BCUT2D eigenvalue weighted by atomic mass is 16.5. The summed E-state index contributed by atoms with van der Waals surface area (Å²) >= 11 is 0. The van der Waals surface area contributed by atoms with Gasteiger partial charge in [-0.1, -0.05) is 42.5 Å². The van der Waals surface area contributed by atoms with Gasteiger partial charge in [0.2, 0.25) is 0 Å². The average molecular weight is 243 g/mol. The highest BCUT2D eigenvalue weighted by Gasteiger charge is 2.10. The molecule has 0 fully saturated rings. The molecule has 1 atom stereocenters. The summed E-state index contributed by atoms with van der Waals surface area (Å²) in [7, 11) is 1.38. The molecule has 2 aromatic rings. The Morgan fingerprint density at radius 3 is 2.67 bits per heavy atom. The minimum atomic E-state index is -0.261. The molecule has 2 N–H and O–H groups in total. The zero-order chi connectivity index (χ0) is 13.0. The highest BCUT2D eigenvalue weighted by Crippen LogP contribution is 2.16. The Labute approximate surface area is 107 Å². The van der Waals surface area contributed by atoms with Crippen molar-refractivity contribution in [3.05, 3.63) is 48.0 Å². The molecule has 3 nitrogen and oxygen atoms in total. The number of hydrogen-bond acceptors (Lipinski definition) is 3. The van der Waals surface area contributed by atoms with Crippen molar-refractivity contribution in [3.63, 3.8) is 0 Å². The number of fused-ring (bicyclic) bond motifs is 1. The maximum absolute atomic E-state index is 11.1. The molecule has 0 radical (unpaired) electrons. The number of esters is 1. The largest absolute Gasteiger partial charge is 0.469 e. The van der Waals surface area contributed by atoms with E-state index < -0.39 is 0 Å². The average Bonchev–Trinajstić information content (AvgIpc) is 2.38. The molecule has 0 aliphatic carbocycles. The predicted molar refractivity (Wildman–Crippen MR) is 72.3 cm³/mol. The smallest absolute Gasteiger partial charge is 0.307 e. The number of hydrogen-bond donors (Lipinski definition) is 1. The monoisotopic (exact) mass is 243 g/mol. The number of carbonyl (C=O) groups is 1. The molecule has 0 amide bonds. The van der Waals surface area contributed by atoms with E-state index in [1.165, 1.54) is 17.9 Å². The van der Waals surface area contributed by atoms with Crippen LogP contribution in [0.3, 0.4) is 0 Å². The number of carbonyl (C=O) groups excluding carboxylic acids is 1. The van der Waals surface area contributed by atoms with Gasteiger partial charge in [-0.15, -0.1) is 0 Å². The van der Waals surface area contributed by atoms with Crippen molar-refractivity contribution < 1.29 is 9.53 Å². The molecule has 0 heterocycles. The Morgan fingerprint density at radius 1 is 1.22 bits per heavy atom. The molecule has 2 rings (SSSR count). The van der Waals surface area contributed by atoms with Crippen LogP contribution < -0.4 is 5.73 Å². The molecule has 94 valence electrons. The van der Waals surface area contributed by atoms with Gasteiger partial charge in [0.05, 0.1) is 13.5 Å². The summed E-state index contributed by atoms with van der Waals surface area (Å²) < 4.78 is 4.61. The first-order valence-corrected chi connectivity index (χ1v) is 5.99. The molecule has 0 aromatic heterocycles. The summed E-state index contributed by atoms with van der Waals surface area (Å²) in [6, 6.07) is 14.2. The first-order valence-electron chi connectivity index (χ1n) is 5.99. The van der Waals surface area contributed by atoms with Crippen LogP contribution in [0, 0.1) is 0 Å². The van der Waals surface area contributed by atoms with Crippen molar-refractivity contribution in [2.24, 2.45) is 5.73 Å². The number of nitrogens with two attached hydrogens (primary N) is 1. The van der Waals surface area contributed by atoms with Gasteiger partial charge in [-0.25, -0.2) is 0 Å². The maximum Gasteiger partial charge on any atom is 0.307 e. The van der Waals surface area contributed by atoms with Crippen molar-refractivity contribution in [1.29, 1.82) is 0 Å². The van der Waals surface area contributed by atoms with Crippen molar-refractivity contribution in [1.82, 2.24) is 0 Å². The second-order valence-corrected chi connectivity index (χ2v) is 4.43. The van der Waals surface area contributed by atoms with E-state index in [2.05, 4.69) is 35.1 Å². The van der Waals surface area contributed by atoms with Gasteiger partial charge in [0.15, 0.2) is 0 Å². The minimum absolute atomic E-state index is 0.196. The van der Waals surface area contributed by atoms with Crippen molar-refractivity contribution in [3.8, 4) is 0 Å². The zero-order valence-corrected chi connectivity index (χ0v) is 10.4. The fourth-order valence-corrected chi connectivity index (χ4v) is 2.04. The molecular weight excluding hydrogens is 226 g/mol. The summed E-state index contributed by atoms with van der Waals surface area (Å²) in [5.74, 6) is -0.261. The van der Waals surface area contributed by atoms with E-state index in [0.717, 1.165) is 5.56 Å². The van der Waals surface area contributed by atoms with Gasteiger partial charge in [0.1, 0.15) is 0 Å². The van der Waals surface area contributed by atoms with E-state index in [1.807, 2.05) is 12.1 Å². The van der Waals surface area contributed by atoms with Crippen LogP contribution in [0.5, 0.6) is 0 Å². The summed E-state index contributed by atoms with van der Waals surface area (Å²) in [6.07, 6.45) is 0.934. The summed E-state index contributed by atoms with van der Waals surface area (Å²) in [6.45, 7) is 0. The molecule has 18 heavy (non-hydrogen) atoms. The lowest BCUT2D eigenvalue weighted by Crippen LogP contribution is -2.26. The lowest BCUT2D eigenvalue weighted by molar-refractivity contribution is -0.140. The van der Waals surface area contributed by atoms with Gasteiger partial charge in [0, 0.05) is 6.04 Å². The third-order valence-electron chi connectivity index (χ3n) is 2.97. The van der Waals surface area contributed by atoms with E-state index in [-0.39, 0.29) is 18.4 Å². The maximum atomic E-state index is 11.1. The van der Waals surface area contributed by atoms with Crippen LogP contribution in [-0.2, 0) is 16.0 Å². The Hall–Kier alpha value is -1.87. The molecule has 0 aliphatic rings. The number of rotatable bonds is 4. The van der Waals surface area contributed by atoms with E-state index in [0.29, 0.717) is 6.42 Å². The van der Waals surface area contributed by atoms with Crippen LogP contribution in [0.25, 0.3) is 10.8 Å². The normalized spacial score (nSPS) is 12.3. The molecule has 2 aromatic carbocycles. The summed E-state index contributed by atoms with van der Waals surface area (Å²) in [5.41, 5.74) is 7.07. The number of ether oxygens (including phenoxy) is 1. The van der Waals surface area contributed by atoms with E-state index in [9.17, 15) is 4.79 Å². The van der Waals surface area contributed by atoms with Gasteiger partial charge in [-0.3, -0.25) is 4.79 Å². The second-order valence-electron chi connectivity index (χ2n) is 4.43. The molecule has 0 aliphatic heterocycles. The summed E-state index contributed by atoms with van der Waals surface area (Å²) in [4.78, 5) is 11.1. The van der Waals surface area contributed by atoms with Crippen LogP contribution in [0.15, 0.2) is 42.5 Å². The Balaban J connectivity index is 2.09. The van der Waals surface area contributed by atoms with E-state index in [1.54, 1.807) is 0 Å². The van der Waals surface area contributed by atoms with Crippen molar-refractivity contribution in [2.45, 2.75) is 18.9 Å². The van der Waals surface area contributed by atoms with Crippen LogP contribution in [0.2, 0.25) is 0 Å². The predicted octanol–water partition coefficient (Wildman–Crippen LogP) is 2.27. The second kappa shape index (κ2) is 5.65. The van der Waals surface area contributed by atoms with E-state index in [4.69, 9.17) is 5.73 Å². The van der Waals surface area contributed by atoms with Crippen LogP contribution in [0.1, 0.15) is 12.0 Å². The van der Waals surface area contributed by atoms with Gasteiger partial charge < -0.3 is 10.5 Å². The molecule has 0 unspecified atom stereocenters. The standard InChI is InChI=1S/C15H17NO2/c1-18-15(17)10-14(16)9-11-6-7-12-4-2-3-5-13(12)8-11/h2-8,14H,9-10,16H2,1H3/t14-/m0/s1. The molecule has 3 heteroatoms. The Kier molecular flexibility index (Phi) is 3.95. The first-order chi connectivity index (χ1) is 8.69. The summed E-state index contributed by atoms with van der Waals surface area (Å²) in [5, 5.41) is 2.41. The van der Waals surface area contributed by atoms with Gasteiger partial charge in [-0.2, -0.15) is 0 Å². The quantitative estimate of drug-likeness (QED) is 0.838. The molecule has 0 saturated carbocycles. The van der Waals surface area contributed by atoms with Crippen LogP contribution in [0.4, 0.5) is 0 Å². The van der Waals surface area contributed by atoms with Gasteiger partial charge >= 0.3 is 5.97 Å². The zero-order valence-electron chi connectivity index (χ0n) is 10.4. The molecule has 0 bridgehead atoms. The lowest BCUT2D eigenvalue weighted by Gasteiger charge is -2.10. The Bertz CT molecular complexity index is 551. The molecule has 0 saturated heterocycles. The van der Waals surface area contributed by atoms with Gasteiger partial charge in [-0.05, 0) is 22.8 Å². The fourth-order valence-electron chi connectivity index (χ4n) is 2.04. The molecular formula is C15H17NO2. The lowest BCUT2D eigenvalue weighted by atomic mass is 10.0. The first kappa shape index (κ1) is 12.6. The topological polar surface area (TPSA) is 52.3 Å². The van der Waals surface area contributed by atoms with Gasteiger partial charge in [0.25, 0.3) is 0 Å². The third-order valence-corrected chi connectivity index (χ3v) is 2.97. The van der Waals surface area contributed by atoms with E-state index >= 15 is 0 Å². The molecule has 0 spiro atoms. The van der Waals surface area contributed by atoms with Crippen LogP contribution in [-0.4, -0.2) is 19.1 Å². The third kappa shape index (κ3) is 3.08. The number of methoxy groups -OCH3 is 1. The SMILES string of the molecule is COC(=O)C[C@@H](N)Cc1ccc2ccccc2c1. The highest BCUT2D eigenvalue weighted by molar-refractivity contribution is 5.83. The van der Waals surface area contributed by atoms with Crippen molar-refractivity contribution >= 4 is 16.7 Å². The van der Waals surface area contributed by atoms with Crippen molar-refractivity contribution in [2.75, 3.05) is 7.11 Å². The Morgan fingerprint density at radius 2 is 1.94 bits per heavy atom. The minimum Gasteiger partial charge on any atom is -0.469 e. The van der Waals surface area contributed by atoms with Crippen LogP contribution >= 0.6 is 0 Å².